The van der Waals surface area contributed by atoms with Crippen molar-refractivity contribution >= 4 is 6.09 Å². The lowest BCUT2D eigenvalue weighted by molar-refractivity contribution is 0.0269. The number of hydrogen-bond acceptors (Lipinski definition) is 4. The summed E-state index contributed by atoms with van der Waals surface area (Å²) < 4.78 is 5.37. The minimum Gasteiger partial charge on any atom is -0.444 e. The Bertz CT molecular complexity index is 315. The van der Waals surface area contributed by atoms with Gasteiger partial charge < -0.3 is 14.7 Å². The van der Waals surface area contributed by atoms with Crippen LogP contribution in [0, 0.1) is 0 Å². The van der Waals surface area contributed by atoms with Crippen molar-refractivity contribution in [1.82, 2.24) is 9.80 Å². The third kappa shape index (κ3) is 4.94. The van der Waals surface area contributed by atoms with Crippen LogP contribution in [-0.2, 0) is 4.74 Å². The highest BCUT2D eigenvalue weighted by atomic mass is 16.6. The van der Waals surface area contributed by atoms with Crippen LogP contribution >= 0.6 is 0 Å². The summed E-state index contributed by atoms with van der Waals surface area (Å²) in [5.41, 5.74) is -0.493. The molecule has 1 N–H and O–H groups in total. The van der Waals surface area contributed by atoms with E-state index in [1.165, 1.54) is 0 Å². The van der Waals surface area contributed by atoms with Gasteiger partial charge in [-0.2, -0.15) is 0 Å². The highest BCUT2D eigenvalue weighted by molar-refractivity contribution is 5.68. The Kier molecular flexibility index (Phi) is 6.27. The number of amides is 1. The van der Waals surface area contributed by atoms with E-state index in [9.17, 15) is 9.90 Å². The predicted molar refractivity (Wildman–Crippen MR) is 79.8 cm³/mol. The number of likely N-dealkylation sites (tertiary alicyclic amines) is 1. The van der Waals surface area contributed by atoms with Gasteiger partial charge in [-0.15, -0.1) is 0 Å². The number of rotatable bonds is 5. The standard InChI is InChI=1S/C15H30N2O3/c1-6-8-9-16(7-2)12-10-17(11-13(12)18)14(19)20-15(3,4)5/h12-13,18H,6-11H2,1-5H3/t12-,13-/m1/s1. The lowest BCUT2D eigenvalue weighted by atomic mass is 10.1. The molecule has 2 atom stereocenters. The number of aliphatic hydroxyl groups is 1. The van der Waals surface area contributed by atoms with E-state index in [4.69, 9.17) is 4.74 Å². The van der Waals surface area contributed by atoms with Gasteiger partial charge in [-0.3, -0.25) is 4.90 Å². The Morgan fingerprint density at radius 1 is 1.35 bits per heavy atom. The van der Waals surface area contributed by atoms with Crippen LogP contribution in [0.1, 0.15) is 47.5 Å². The topological polar surface area (TPSA) is 53.0 Å². The number of ether oxygens (including phenoxy) is 1. The van der Waals surface area contributed by atoms with Gasteiger partial charge in [0.2, 0.25) is 0 Å². The van der Waals surface area contributed by atoms with Crippen molar-refractivity contribution in [3.8, 4) is 0 Å². The maximum atomic E-state index is 12.1. The van der Waals surface area contributed by atoms with Crippen LogP contribution in [0.5, 0.6) is 0 Å². The first kappa shape index (κ1) is 17.2. The maximum Gasteiger partial charge on any atom is 0.410 e. The summed E-state index contributed by atoms with van der Waals surface area (Å²) in [4.78, 5) is 15.9. The van der Waals surface area contributed by atoms with Crippen molar-refractivity contribution < 1.29 is 14.6 Å². The molecular formula is C15H30N2O3. The molecule has 0 aliphatic carbocycles. The molecule has 0 unspecified atom stereocenters. The molecule has 0 bridgehead atoms. The van der Waals surface area contributed by atoms with E-state index in [0.29, 0.717) is 13.1 Å². The Hall–Kier alpha value is -0.810. The Labute approximate surface area is 122 Å². The van der Waals surface area contributed by atoms with Gasteiger partial charge in [0.15, 0.2) is 0 Å². The third-order valence-electron chi connectivity index (χ3n) is 3.58. The third-order valence-corrected chi connectivity index (χ3v) is 3.58. The van der Waals surface area contributed by atoms with Crippen molar-refractivity contribution in [3.63, 3.8) is 0 Å². The maximum absolute atomic E-state index is 12.1. The van der Waals surface area contributed by atoms with Crippen molar-refractivity contribution in [2.75, 3.05) is 26.2 Å². The molecule has 1 heterocycles. The second-order valence-corrected chi connectivity index (χ2v) is 6.50. The van der Waals surface area contributed by atoms with Crippen LogP contribution in [0.4, 0.5) is 4.79 Å². The van der Waals surface area contributed by atoms with Gasteiger partial charge >= 0.3 is 6.09 Å². The molecule has 1 saturated heterocycles. The average molecular weight is 286 g/mol. The minimum absolute atomic E-state index is 0.0269. The highest BCUT2D eigenvalue weighted by Gasteiger charge is 2.38. The molecule has 1 amide bonds. The SMILES string of the molecule is CCCCN(CC)[C@@H]1CN(C(=O)OC(C)(C)C)C[C@H]1O. The first-order chi connectivity index (χ1) is 9.28. The monoisotopic (exact) mass is 286 g/mol. The van der Waals surface area contributed by atoms with Crippen LogP contribution in [0.3, 0.4) is 0 Å². The number of carbonyl (C=O) groups is 1. The normalized spacial score (nSPS) is 23.4. The fourth-order valence-corrected chi connectivity index (χ4v) is 2.52. The fraction of sp³-hybridized carbons (Fsp3) is 0.933. The first-order valence-electron chi connectivity index (χ1n) is 7.68. The lowest BCUT2D eigenvalue weighted by Crippen LogP contribution is -2.44. The zero-order valence-electron chi connectivity index (χ0n) is 13.6. The number of likely N-dealkylation sites (N-methyl/N-ethyl adjacent to an activating group) is 1. The van der Waals surface area contributed by atoms with Gasteiger partial charge in [-0.25, -0.2) is 4.79 Å². The molecule has 1 rings (SSSR count). The van der Waals surface area contributed by atoms with Crippen LogP contribution in [0.2, 0.25) is 0 Å². The molecule has 0 aromatic rings. The summed E-state index contributed by atoms with van der Waals surface area (Å²) in [7, 11) is 0. The van der Waals surface area contributed by atoms with E-state index in [0.717, 1.165) is 25.9 Å². The number of carbonyl (C=O) groups excluding carboxylic acids is 1. The first-order valence-corrected chi connectivity index (χ1v) is 7.68. The molecule has 118 valence electrons. The zero-order valence-corrected chi connectivity index (χ0v) is 13.6. The molecule has 1 aliphatic rings. The molecule has 5 nitrogen and oxygen atoms in total. The molecule has 1 aliphatic heterocycles. The van der Waals surface area contributed by atoms with Crippen molar-refractivity contribution in [1.29, 1.82) is 0 Å². The van der Waals surface area contributed by atoms with Gasteiger partial charge in [-0.1, -0.05) is 20.3 Å². The van der Waals surface area contributed by atoms with E-state index in [1.54, 1.807) is 4.90 Å². The Morgan fingerprint density at radius 3 is 2.50 bits per heavy atom. The van der Waals surface area contributed by atoms with Gasteiger partial charge in [-0.05, 0) is 40.3 Å². The van der Waals surface area contributed by atoms with E-state index >= 15 is 0 Å². The fourth-order valence-electron chi connectivity index (χ4n) is 2.52. The number of β-amino-alcohol motifs (C(OH)–C–C–N with tert-alkyl or cyclic N) is 1. The van der Waals surface area contributed by atoms with E-state index in [1.807, 2.05) is 20.8 Å². The number of nitrogens with zero attached hydrogens (tertiary/aromatic N) is 2. The van der Waals surface area contributed by atoms with Crippen LogP contribution in [-0.4, -0.2) is 64.9 Å². The number of aliphatic hydroxyl groups excluding tert-OH is 1. The van der Waals surface area contributed by atoms with E-state index in [2.05, 4.69) is 18.7 Å². The molecule has 5 heteroatoms. The van der Waals surface area contributed by atoms with Crippen molar-refractivity contribution in [2.45, 2.75) is 65.2 Å². The zero-order chi connectivity index (χ0) is 15.3. The molecule has 0 aromatic carbocycles. The Balaban J connectivity index is 2.59. The smallest absolute Gasteiger partial charge is 0.410 e. The average Bonchev–Trinajstić information content (AvgIpc) is 2.71. The van der Waals surface area contributed by atoms with Crippen molar-refractivity contribution in [3.05, 3.63) is 0 Å². The van der Waals surface area contributed by atoms with Crippen LogP contribution in [0.15, 0.2) is 0 Å². The molecule has 0 spiro atoms. The van der Waals surface area contributed by atoms with Crippen LogP contribution < -0.4 is 0 Å². The van der Waals surface area contributed by atoms with Crippen LogP contribution in [0.25, 0.3) is 0 Å². The van der Waals surface area contributed by atoms with Crippen molar-refractivity contribution in [2.24, 2.45) is 0 Å². The summed E-state index contributed by atoms with van der Waals surface area (Å²) in [6, 6.07) is 0.0269. The molecule has 20 heavy (non-hydrogen) atoms. The second kappa shape index (κ2) is 7.27. The van der Waals surface area contributed by atoms with Gasteiger partial charge in [0.05, 0.1) is 18.7 Å². The summed E-state index contributed by atoms with van der Waals surface area (Å²) in [6.45, 7) is 12.6. The molecule has 1 fully saturated rings. The van der Waals surface area contributed by atoms with E-state index < -0.39 is 11.7 Å². The summed E-state index contributed by atoms with van der Waals surface area (Å²) in [6.07, 6.45) is 1.43. The minimum atomic E-state index is -0.493. The van der Waals surface area contributed by atoms with Gasteiger partial charge in [0, 0.05) is 6.54 Å². The summed E-state index contributed by atoms with van der Waals surface area (Å²) in [5.74, 6) is 0. The Morgan fingerprint density at radius 2 is 2.00 bits per heavy atom. The van der Waals surface area contributed by atoms with Gasteiger partial charge in [0.25, 0.3) is 0 Å². The predicted octanol–water partition coefficient (Wildman–Crippen LogP) is 2.09. The lowest BCUT2D eigenvalue weighted by Gasteiger charge is -2.29. The molecule has 0 aromatic heterocycles. The largest absolute Gasteiger partial charge is 0.444 e. The number of hydrogen-bond donors (Lipinski definition) is 1. The second-order valence-electron chi connectivity index (χ2n) is 6.50. The molecule has 0 saturated carbocycles. The molecular weight excluding hydrogens is 256 g/mol. The van der Waals surface area contributed by atoms with Gasteiger partial charge in [0.1, 0.15) is 5.60 Å². The highest BCUT2D eigenvalue weighted by Crippen LogP contribution is 2.20. The quantitative estimate of drug-likeness (QED) is 0.841. The number of unbranched alkanes of at least 4 members (excludes halogenated alkanes) is 1. The summed E-state index contributed by atoms with van der Waals surface area (Å²) in [5, 5.41) is 10.2. The van der Waals surface area contributed by atoms with E-state index in [-0.39, 0.29) is 12.1 Å². The summed E-state index contributed by atoms with van der Waals surface area (Å²) >= 11 is 0. The molecule has 0 radical (unpaired) electrons.